The first-order chi connectivity index (χ1) is 13.2. The Balaban J connectivity index is 1.89. The van der Waals surface area contributed by atoms with Crippen molar-refractivity contribution < 1.29 is 13.2 Å². The molecule has 0 spiro atoms. The summed E-state index contributed by atoms with van der Waals surface area (Å²) in [5.74, 6) is 0.297. The summed E-state index contributed by atoms with van der Waals surface area (Å²) in [4.78, 5) is 17.2. The molecule has 0 aliphatic rings. The van der Waals surface area contributed by atoms with Crippen LogP contribution in [0, 0.1) is 13.8 Å². The summed E-state index contributed by atoms with van der Waals surface area (Å²) in [6.45, 7) is 6.79. The van der Waals surface area contributed by atoms with Gasteiger partial charge in [0.15, 0.2) is 10.9 Å². The van der Waals surface area contributed by atoms with Crippen molar-refractivity contribution in [3.63, 3.8) is 0 Å². The third kappa shape index (κ3) is 4.29. The minimum atomic E-state index is -3.79. The smallest absolute Gasteiger partial charge is 0.238 e. The Kier molecular flexibility index (Phi) is 5.92. The molecule has 148 valence electrons. The van der Waals surface area contributed by atoms with Crippen LogP contribution >= 0.6 is 11.8 Å². The van der Waals surface area contributed by atoms with E-state index in [2.05, 4.69) is 11.9 Å². The van der Waals surface area contributed by atoms with Gasteiger partial charge in [0.25, 0.3) is 0 Å². The number of benzene rings is 2. The van der Waals surface area contributed by atoms with Crippen LogP contribution in [0.15, 0.2) is 46.5 Å². The van der Waals surface area contributed by atoms with Crippen LogP contribution in [-0.4, -0.2) is 29.5 Å². The van der Waals surface area contributed by atoms with Gasteiger partial charge >= 0.3 is 0 Å². The van der Waals surface area contributed by atoms with Crippen LogP contribution in [-0.2, 0) is 16.6 Å². The van der Waals surface area contributed by atoms with E-state index in [-0.39, 0.29) is 16.4 Å². The van der Waals surface area contributed by atoms with Crippen molar-refractivity contribution in [3.8, 4) is 0 Å². The third-order valence-corrected chi connectivity index (χ3v) is 6.51. The number of thioether (sulfide) groups is 1. The standard InChI is InChI=1S/C20H23N3O3S2/c1-4-9-23-18-8-7-16(28(21,25)26)11-17(18)22-20(23)27-12-19(24)15-6-5-13(2)14(3)10-15/h5-8,10-11H,4,9,12H2,1-3H3,(H2,21,25,26). The zero-order valence-corrected chi connectivity index (χ0v) is 17.7. The predicted octanol–water partition coefficient (Wildman–Crippen LogP) is 3.69. The van der Waals surface area contributed by atoms with Crippen molar-refractivity contribution in [2.75, 3.05) is 5.75 Å². The summed E-state index contributed by atoms with van der Waals surface area (Å²) in [7, 11) is -3.79. The minimum Gasteiger partial charge on any atom is -0.319 e. The van der Waals surface area contributed by atoms with Gasteiger partial charge in [0.2, 0.25) is 10.0 Å². The van der Waals surface area contributed by atoms with Crippen LogP contribution in [0.4, 0.5) is 0 Å². The number of aromatic nitrogens is 2. The van der Waals surface area contributed by atoms with Crippen molar-refractivity contribution in [3.05, 3.63) is 53.1 Å². The molecular formula is C20H23N3O3S2. The Morgan fingerprint density at radius 1 is 1.14 bits per heavy atom. The van der Waals surface area contributed by atoms with E-state index in [1.807, 2.05) is 36.6 Å². The van der Waals surface area contributed by atoms with Crippen molar-refractivity contribution in [1.82, 2.24) is 9.55 Å². The molecule has 2 N–H and O–H groups in total. The van der Waals surface area contributed by atoms with Gasteiger partial charge < -0.3 is 4.57 Å². The van der Waals surface area contributed by atoms with Crippen LogP contribution in [0.1, 0.15) is 34.8 Å². The number of fused-ring (bicyclic) bond motifs is 1. The minimum absolute atomic E-state index is 0.0314. The predicted molar refractivity (Wildman–Crippen MR) is 112 cm³/mol. The maximum absolute atomic E-state index is 12.6. The molecule has 0 aliphatic heterocycles. The first-order valence-corrected chi connectivity index (χ1v) is 11.5. The number of hydrogen-bond acceptors (Lipinski definition) is 5. The molecular weight excluding hydrogens is 394 g/mol. The number of nitrogens with two attached hydrogens (primary N) is 1. The van der Waals surface area contributed by atoms with Gasteiger partial charge in [-0.05, 0) is 55.7 Å². The third-order valence-electron chi connectivity index (χ3n) is 4.62. The maximum atomic E-state index is 12.6. The number of rotatable bonds is 7. The second-order valence-corrected chi connectivity index (χ2v) is 9.26. The monoisotopic (exact) mass is 417 g/mol. The molecule has 0 atom stereocenters. The Morgan fingerprint density at radius 2 is 1.89 bits per heavy atom. The van der Waals surface area contributed by atoms with Gasteiger partial charge in [0.05, 0.1) is 21.7 Å². The molecule has 0 saturated carbocycles. The number of carbonyl (C=O) groups excluding carboxylic acids is 1. The molecule has 1 heterocycles. The summed E-state index contributed by atoms with van der Waals surface area (Å²) < 4.78 is 25.2. The highest BCUT2D eigenvalue weighted by Crippen LogP contribution is 2.27. The average Bonchev–Trinajstić information content (AvgIpc) is 2.98. The van der Waals surface area contributed by atoms with Gasteiger partial charge in [0.1, 0.15) is 0 Å². The fraction of sp³-hybridized carbons (Fsp3) is 0.300. The summed E-state index contributed by atoms with van der Waals surface area (Å²) in [6.07, 6.45) is 0.890. The number of hydrogen-bond donors (Lipinski definition) is 1. The van der Waals surface area contributed by atoms with E-state index >= 15 is 0 Å². The Hall–Kier alpha value is -2.16. The molecule has 0 saturated heterocycles. The Morgan fingerprint density at radius 3 is 2.54 bits per heavy atom. The van der Waals surface area contributed by atoms with E-state index in [4.69, 9.17) is 5.14 Å². The van der Waals surface area contributed by atoms with Gasteiger partial charge in [-0.2, -0.15) is 0 Å². The number of Topliss-reactive ketones (excluding diaryl/α,β-unsaturated/α-hetero) is 1. The lowest BCUT2D eigenvalue weighted by Gasteiger charge is -2.08. The van der Waals surface area contributed by atoms with Crippen molar-refractivity contribution in [1.29, 1.82) is 0 Å². The molecule has 2 aromatic carbocycles. The highest BCUT2D eigenvalue weighted by atomic mass is 32.2. The molecule has 3 aromatic rings. The molecule has 3 rings (SSSR count). The van der Waals surface area contributed by atoms with E-state index in [9.17, 15) is 13.2 Å². The molecule has 1 aromatic heterocycles. The van der Waals surface area contributed by atoms with E-state index in [1.165, 1.54) is 23.9 Å². The molecule has 28 heavy (non-hydrogen) atoms. The Labute approximate surface area is 169 Å². The van der Waals surface area contributed by atoms with Crippen LogP contribution in [0.5, 0.6) is 0 Å². The highest BCUT2D eigenvalue weighted by Gasteiger charge is 2.16. The summed E-state index contributed by atoms with van der Waals surface area (Å²) in [6, 6.07) is 10.4. The number of primary sulfonamides is 1. The second kappa shape index (κ2) is 8.06. The van der Waals surface area contributed by atoms with Crippen LogP contribution < -0.4 is 5.14 Å². The molecule has 8 heteroatoms. The van der Waals surface area contributed by atoms with Gasteiger partial charge in [-0.3, -0.25) is 4.79 Å². The van der Waals surface area contributed by atoms with Crippen LogP contribution in [0.2, 0.25) is 0 Å². The molecule has 0 radical (unpaired) electrons. The molecule has 0 bridgehead atoms. The molecule has 6 nitrogen and oxygen atoms in total. The van der Waals surface area contributed by atoms with E-state index in [0.717, 1.165) is 29.6 Å². The highest BCUT2D eigenvalue weighted by molar-refractivity contribution is 7.99. The van der Waals surface area contributed by atoms with Gasteiger partial charge in [0, 0.05) is 12.1 Å². The average molecular weight is 418 g/mol. The Bertz CT molecular complexity index is 1150. The SMILES string of the molecule is CCCn1c(SCC(=O)c2ccc(C)c(C)c2)nc2cc(S(N)(=O)=O)ccc21. The summed E-state index contributed by atoms with van der Waals surface area (Å²) in [5.41, 5.74) is 4.31. The van der Waals surface area contributed by atoms with E-state index in [1.54, 1.807) is 6.07 Å². The maximum Gasteiger partial charge on any atom is 0.238 e. The lowest BCUT2D eigenvalue weighted by atomic mass is 10.0. The zero-order valence-electron chi connectivity index (χ0n) is 16.1. The molecule has 0 aliphatic carbocycles. The topological polar surface area (TPSA) is 95.0 Å². The van der Waals surface area contributed by atoms with Gasteiger partial charge in [-0.25, -0.2) is 18.5 Å². The van der Waals surface area contributed by atoms with Crippen LogP contribution in [0.25, 0.3) is 11.0 Å². The van der Waals surface area contributed by atoms with Crippen molar-refractivity contribution >= 4 is 38.6 Å². The quantitative estimate of drug-likeness (QED) is 0.467. The van der Waals surface area contributed by atoms with Crippen molar-refractivity contribution in [2.45, 2.75) is 43.8 Å². The normalized spacial score (nSPS) is 11.9. The number of imidazole rings is 1. The lowest BCUT2D eigenvalue weighted by Crippen LogP contribution is -2.11. The fourth-order valence-corrected chi connectivity index (χ4v) is 4.41. The lowest BCUT2D eigenvalue weighted by molar-refractivity contribution is 0.102. The summed E-state index contributed by atoms with van der Waals surface area (Å²) in [5, 5.41) is 5.92. The number of nitrogens with zero attached hydrogens (tertiary/aromatic N) is 2. The molecule has 0 fully saturated rings. The first kappa shape index (κ1) is 20.6. The molecule has 0 amide bonds. The number of carbonyl (C=O) groups is 1. The number of ketones is 1. The second-order valence-electron chi connectivity index (χ2n) is 6.75. The van der Waals surface area contributed by atoms with E-state index < -0.39 is 10.0 Å². The number of sulfonamides is 1. The van der Waals surface area contributed by atoms with Gasteiger partial charge in [-0.1, -0.05) is 30.8 Å². The number of aryl methyl sites for hydroxylation is 3. The fourth-order valence-electron chi connectivity index (χ4n) is 2.94. The van der Waals surface area contributed by atoms with Crippen LogP contribution in [0.3, 0.4) is 0 Å². The van der Waals surface area contributed by atoms with Gasteiger partial charge in [-0.15, -0.1) is 0 Å². The zero-order chi connectivity index (χ0) is 20.5. The van der Waals surface area contributed by atoms with E-state index in [0.29, 0.717) is 16.2 Å². The van der Waals surface area contributed by atoms with Crippen molar-refractivity contribution in [2.24, 2.45) is 5.14 Å². The largest absolute Gasteiger partial charge is 0.319 e. The summed E-state index contributed by atoms with van der Waals surface area (Å²) >= 11 is 1.36. The first-order valence-electron chi connectivity index (χ1n) is 8.97. The molecule has 0 unspecified atom stereocenters.